The number of benzene rings is 3. The maximum atomic E-state index is 12.5. The fourth-order valence-corrected chi connectivity index (χ4v) is 4.69. The zero-order chi connectivity index (χ0) is 19.1. The van der Waals surface area contributed by atoms with Crippen molar-refractivity contribution in [2.45, 2.75) is 0 Å². The predicted molar refractivity (Wildman–Crippen MR) is 114 cm³/mol. The molecule has 0 saturated carbocycles. The van der Waals surface area contributed by atoms with E-state index in [4.69, 9.17) is 0 Å². The molecular weight excluding hydrogens is 390 g/mol. The monoisotopic (exact) mass is 403 g/mol. The first-order valence-corrected chi connectivity index (χ1v) is 10.2. The van der Waals surface area contributed by atoms with Crippen LogP contribution in [0.5, 0.6) is 5.75 Å². The predicted octanol–water partition coefficient (Wildman–Crippen LogP) is 5.53. The molecule has 0 unspecified atom stereocenters. The van der Waals surface area contributed by atoms with Gasteiger partial charge in [-0.1, -0.05) is 12.1 Å². The number of thiazole rings is 2. The van der Waals surface area contributed by atoms with Gasteiger partial charge in [-0.2, -0.15) is 0 Å². The minimum Gasteiger partial charge on any atom is -0.507 e. The zero-order valence-electron chi connectivity index (χ0n) is 14.4. The summed E-state index contributed by atoms with van der Waals surface area (Å²) in [5, 5.41) is 14.0. The molecule has 0 radical (unpaired) electrons. The highest BCUT2D eigenvalue weighted by molar-refractivity contribution is 7.21. The van der Waals surface area contributed by atoms with E-state index in [2.05, 4.69) is 15.3 Å². The molecule has 5 rings (SSSR count). The molecule has 0 spiro atoms. The van der Waals surface area contributed by atoms with Crippen LogP contribution < -0.4 is 5.32 Å². The normalized spacial score (nSPS) is 11.1. The number of fused-ring (bicyclic) bond motifs is 2. The lowest BCUT2D eigenvalue weighted by molar-refractivity contribution is 0.102. The summed E-state index contributed by atoms with van der Waals surface area (Å²) >= 11 is 3.01. The number of aromatic hydroxyl groups is 1. The summed E-state index contributed by atoms with van der Waals surface area (Å²) in [6.07, 6.45) is 0. The number of carbonyl (C=O) groups is 1. The number of amides is 1. The fourth-order valence-electron chi connectivity index (χ4n) is 2.98. The number of aromatic nitrogens is 2. The van der Waals surface area contributed by atoms with E-state index in [1.54, 1.807) is 29.8 Å². The largest absolute Gasteiger partial charge is 0.507 e. The summed E-state index contributed by atoms with van der Waals surface area (Å²) in [6, 6.07) is 18.3. The molecule has 136 valence electrons. The number of phenolic OH excluding ortho intramolecular Hbond substituents is 1. The lowest BCUT2D eigenvalue weighted by Crippen LogP contribution is -2.11. The quantitative estimate of drug-likeness (QED) is 0.415. The molecule has 0 fully saturated rings. The van der Waals surface area contributed by atoms with Crippen LogP contribution >= 0.6 is 22.7 Å². The van der Waals surface area contributed by atoms with Gasteiger partial charge in [0.05, 0.1) is 31.5 Å². The second-order valence-electron chi connectivity index (χ2n) is 6.21. The number of anilines is 1. The van der Waals surface area contributed by atoms with Crippen LogP contribution in [0.15, 0.2) is 66.2 Å². The van der Waals surface area contributed by atoms with Crippen molar-refractivity contribution >= 4 is 54.7 Å². The lowest BCUT2D eigenvalue weighted by atomic mass is 10.1. The topological polar surface area (TPSA) is 75.1 Å². The van der Waals surface area contributed by atoms with Gasteiger partial charge in [-0.05, 0) is 42.5 Å². The Balaban J connectivity index is 1.41. The molecule has 2 N–H and O–H groups in total. The second-order valence-corrected chi connectivity index (χ2v) is 8.12. The van der Waals surface area contributed by atoms with Crippen LogP contribution in [0.25, 0.3) is 31.0 Å². The summed E-state index contributed by atoms with van der Waals surface area (Å²) in [5.41, 5.74) is 5.25. The highest BCUT2D eigenvalue weighted by Crippen LogP contribution is 2.36. The van der Waals surface area contributed by atoms with E-state index < -0.39 is 0 Å². The first-order chi connectivity index (χ1) is 13.7. The summed E-state index contributed by atoms with van der Waals surface area (Å²) in [7, 11) is 0. The van der Waals surface area contributed by atoms with Crippen molar-refractivity contribution < 1.29 is 9.90 Å². The van der Waals surface area contributed by atoms with Crippen LogP contribution in [0.4, 0.5) is 5.69 Å². The first-order valence-electron chi connectivity index (χ1n) is 8.51. The molecule has 7 heteroatoms. The highest BCUT2D eigenvalue weighted by Gasteiger charge is 2.13. The minimum absolute atomic E-state index is 0.0785. The average molecular weight is 403 g/mol. The van der Waals surface area contributed by atoms with E-state index in [1.165, 1.54) is 22.7 Å². The smallest absolute Gasteiger partial charge is 0.255 e. The van der Waals surface area contributed by atoms with E-state index in [0.29, 0.717) is 16.8 Å². The fraction of sp³-hybridized carbons (Fsp3) is 0. The molecule has 28 heavy (non-hydrogen) atoms. The van der Waals surface area contributed by atoms with Gasteiger partial charge in [0, 0.05) is 17.3 Å². The minimum atomic E-state index is -0.234. The molecule has 0 aliphatic rings. The molecule has 0 saturated heterocycles. The van der Waals surface area contributed by atoms with Crippen LogP contribution in [0.3, 0.4) is 0 Å². The standard InChI is InChI=1S/C21H13N3O2S2/c25-17-10-13(23-20(26)12-5-8-15-19(9-12)27-11-22-15)6-7-14(17)21-24-16-3-1-2-4-18(16)28-21/h1-11,25H,(H,23,26). The van der Waals surface area contributed by atoms with Crippen molar-refractivity contribution in [1.82, 2.24) is 9.97 Å². The van der Waals surface area contributed by atoms with Crippen molar-refractivity contribution in [3.8, 4) is 16.3 Å². The summed E-state index contributed by atoms with van der Waals surface area (Å²) in [6.45, 7) is 0. The van der Waals surface area contributed by atoms with E-state index in [-0.39, 0.29) is 11.7 Å². The SMILES string of the molecule is O=C(Nc1ccc(-c2nc3ccccc3s2)c(O)c1)c1ccc2ncsc2c1. The van der Waals surface area contributed by atoms with Gasteiger partial charge in [0.15, 0.2) is 0 Å². The third kappa shape index (κ3) is 3.00. The number of nitrogens with zero attached hydrogens (tertiary/aromatic N) is 2. The van der Waals surface area contributed by atoms with Gasteiger partial charge in [-0.3, -0.25) is 4.79 Å². The Labute approximate surface area is 167 Å². The van der Waals surface area contributed by atoms with Gasteiger partial charge in [-0.15, -0.1) is 22.7 Å². The molecule has 5 aromatic rings. The highest BCUT2D eigenvalue weighted by atomic mass is 32.1. The Morgan fingerprint density at radius 1 is 0.964 bits per heavy atom. The Kier molecular flexibility index (Phi) is 4.03. The molecule has 0 aliphatic heterocycles. The summed E-state index contributed by atoms with van der Waals surface area (Å²) in [5.74, 6) is -0.155. The molecule has 0 aliphatic carbocycles. The third-order valence-corrected chi connectivity index (χ3v) is 6.23. The van der Waals surface area contributed by atoms with Crippen molar-refractivity contribution in [3.63, 3.8) is 0 Å². The van der Waals surface area contributed by atoms with Crippen LogP contribution in [-0.2, 0) is 0 Å². The first kappa shape index (κ1) is 16.9. The molecule has 5 nitrogen and oxygen atoms in total. The van der Waals surface area contributed by atoms with E-state index in [9.17, 15) is 9.90 Å². The number of rotatable bonds is 3. The van der Waals surface area contributed by atoms with Crippen LogP contribution in [-0.4, -0.2) is 21.0 Å². The number of phenols is 1. The Morgan fingerprint density at radius 3 is 2.71 bits per heavy atom. The molecule has 1 amide bonds. The van der Waals surface area contributed by atoms with Gasteiger partial charge < -0.3 is 10.4 Å². The van der Waals surface area contributed by atoms with E-state index in [1.807, 2.05) is 36.4 Å². The number of hydrogen-bond donors (Lipinski definition) is 2. The molecular formula is C21H13N3O2S2. The molecule has 2 heterocycles. The maximum Gasteiger partial charge on any atom is 0.255 e. The van der Waals surface area contributed by atoms with Gasteiger partial charge in [-0.25, -0.2) is 9.97 Å². The second kappa shape index (κ2) is 6.70. The maximum absolute atomic E-state index is 12.5. The van der Waals surface area contributed by atoms with Crippen molar-refractivity contribution in [2.75, 3.05) is 5.32 Å². The van der Waals surface area contributed by atoms with Gasteiger partial charge in [0.1, 0.15) is 10.8 Å². The molecule has 0 atom stereocenters. The Bertz CT molecular complexity index is 1310. The van der Waals surface area contributed by atoms with Crippen LogP contribution in [0, 0.1) is 0 Å². The van der Waals surface area contributed by atoms with Crippen LogP contribution in [0.1, 0.15) is 10.4 Å². The van der Waals surface area contributed by atoms with Crippen molar-refractivity contribution in [1.29, 1.82) is 0 Å². The van der Waals surface area contributed by atoms with Crippen molar-refractivity contribution in [2.24, 2.45) is 0 Å². The third-order valence-electron chi connectivity index (χ3n) is 4.37. The van der Waals surface area contributed by atoms with Gasteiger partial charge in [0.2, 0.25) is 0 Å². The van der Waals surface area contributed by atoms with Gasteiger partial charge >= 0.3 is 0 Å². The van der Waals surface area contributed by atoms with Gasteiger partial charge in [0.25, 0.3) is 5.91 Å². The average Bonchev–Trinajstić information content (AvgIpc) is 3.34. The number of carbonyl (C=O) groups excluding carboxylic acids is 1. The Hall–Kier alpha value is -3.29. The Morgan fingerprint density at radius 2 is 1.86 bits per heavy atom. The van der Waals surface area contributed by atoms with E-state index >= 15 is 0 Å². The molecule has 0 bridgehead atoms. The number of hydrogen-bond acceptors (Lipinski definition) is 6. The van der Waals surface area contributed by atoms with Crippen LogP contribution in [0.2, 0.25) is 0 Å². The summed E-state index contributed by atoms with van der Waals surface area (Å²) < 4.78 is 2.02. The number of nitrogens with one attached hydrogen (secondary N) is 1. The molecule has 2 aromatic heterocycles. The summed E-state index contributed by atoms with van der Waals surface area (Å²) in [4.78, 5) is 21.3. The van der Waals surface area contributed by atoms with E-state index in [0.717, 1.165) is 25.4 Å². The zero-order valence-corrected chi connectivity index (χ0v) is 16.1. The number of para-hydroxylation sites is 1. The molecule has 3 aromatic carbocycles. The lowest BCUT2D eigenvalue weighted by Gasteiger charge is -2.08. The van der Waals surface area contributed by atoms with Crippen molar-refractivity contribution in [3.05, 3.63) is 71.7 Å².